The lowest BCUT2D eigenvalue weighted by Gasteiger charge is -2.15. The van der Waals surface area contributed by atoms with Crippen LogP contribution in [0.2, 0.25) is 0 Å². The summed E-state index contributed by atoms with van der Waals surface area (Å²) >= 11 is 3.41. The van der Waals surface area contributed by atoms with Crippen molar-refractivity contribution in [1.29, 1.82) is 0 Å². The van der Waals surface area contributed by atoms with Gasteiger partial charge in [0.05, 0.1) is 34.0 Å². The third-order valence-electron chi connectivity index (χ3n) is 2.58. The van der Waals surface area contributed by atoms with Crippen molar-refractivity contribution in [2.45, 2.75) is 5.33 Å². The fraction of sp³-hybridized carbons (Fsp3) is 0.571. The largest absolute Gasteiger partial charge is 0.493 e. The molecule has 6 heteroatoms. The zero-order valence-electron chi connectivity index (χ0n) is 12.1. The molecule has 0 spiro atoms. The number of ether oxygens (including phenoxy) is 5. The first-order chi connectivity index (χ1) is 9.76. The summed E-state index contributed by atoms with van der Waals surface area (Å²) in [7, 11) is 4.85. The third kappa shape index (κ3) is 5.19. The molecule has 114 valence electrons. The Morgan fingerprint density at radius 3 is 2.00 bits per heavy atom. The van der Waals surface area contributed by atoms with Gasteiger partial charge in [0.25, 0.3) is 0 Å². The summed E-state index contributed by atoms with van der Waals surface area (Å²) in [4.78, 5) is 0. The van der Waals surface area contributed by atoms with Crippen molar-refractivity contribution >= 4 is 15.9 Å². The van der Waals surface area contributed by atoms with Crippen LogP contribution in [-0.4, -0.2) is 47.8 Å². The van der Waals surface area contributed by atoms with Gasteiger partial charge in [-0.15, -0.1) is 0 Å². The van der Waals surface area contributed by atoms with Gasteiger partial charge in [-0.25, -0.2) is 0 Å². The topological polar surface area (TPSA) is 46.2 Å². The maximum absolute atomic E-state index is 5.70. The van der Waals surface area contributed by atoms with Crippen molar-refractivity contribution < 1.29 is 23.7 Å². The van der Waals surface area contributed by atoms with E-state index in [4.69, 9.17) is 23.7 Å². The average molecular weight is 349 g/mol. The van der Waals surface area contributed by atoms with Crippen molar-refractivity contribution in [3.05, 3.63) is 17.7 Å². The molecule has 0 N–H and O–H groups in total. The van der Waals surface area contributed by atoms with E-state index in [0.29, 0.717) is 43.7 Å². The number of halogens is 1. The van der Waals surface area contributed by atoms with Crippen LogP contribution in [-0.2, 0) is 14.8 Å². The zero-order chi connectivity index (χ0) is 14.8. The molecule has 0 aliphatic carbocycles. The number of hydrogen-bond acceptors (Lipinski definition) is 5. The smallest absolute Gasteiger partial charge is 0.203 e. The highest BCUT2D eigenvalue weighted by atomic mass is 79.9. The monoisotopic (exact) mass is 348 g/mol. The average Bonchev–Trinajstić information content (AvgIpc) is 2.50. The van der Waals surface area contributed by atoms with Crippen LogP contribution in [0.4, 0.5) is 0 Å². The van der Waals surface area contributed by atoms with Crippen LogP contribution >= 0.6 is 15.9 Å². The second kappa shape index (κ2) is 9.85. The van der Waals surface area contributed by atoms with Gasteiger partial charge < -0.3 is 23.7 Å². The summed E-state index contributed by atoms with van der Waals surface area (Å²) < 4.78 is 26.6. The molecule has 0 fully saturated rings. The maximum Gasteiger partial charge on any atom is 0.203 e. The van der Waals surface area contributed by atoms with E-state index in [0.717, 1.165) is 10.9 Å². The summed E-state index contributed by atoms with van der Waals surface area (Å²) in [6, 6.07) is 3.83. The molecule has 0 amide bonds. The van der Waals surface area contributed by atoms with E-state index in [1.54, 1.807) is 21.3 Å². The predicted molar refractivity (Wildman–Crippen MR) is 80.4 cm³/mol. The SMILES string of the molecule is COCCOCCOc1c(OC)cc(CBr)cc1OC. The molecule has 0 radical (unpaired) electrons. The van der Waals surface area contributed by atoms with Crippen molar-refractivity contribution in [3.8, 4) is 17.2 Å². The fourth-order valence-corrected chi connectivity index (χ4v) is 1.92. The second-order valence-corrected chi connectivity index (χ2v) is 4.48. The van der Waals surface area contributed by atoms with E-state index in [1.807, 2.05) is 12.1 Å². The summed E-state index contributed by atoms with van der Waals surface area (Å²) in [5.74, 6) is 1.89. The van der Waals surface area contributed by atoms with E-state index >= 15 is 0 Å². The molecule has 1 aromatic rings. The first kappa shape index (κ1) is 17.1. The minimum atomic E-state index is 0.421. The molecule has 0 bridgehead atoms. The molecule has 0 aromatic heterocycles. The van der Waals surface area contributed by atoms with E-state index in [-0.39, 0.29) is 0 Å². The molecule has 20 heavy (non-hydrogen) atoms. The van der Waals surface area contributed by atoms with E-state index in [1.165, 1.54) is 0 Å². The lowest BCUT2D eigenvalue weighted by molar-refractivity contribution is 0.0535. The standard InChI is InChI=1S/C14H21BrO5/c1-16-4-5-19-6-7-20-14-12(17-2)8-11(10-15)9-13(14)18-3/h8-9H,4-7,10H2,1-3H3. The highest BCUT2D eigenvalue weighted by Gasteiger charge is 2.13. The van der Waals surface area contributed by atoms with Crippen LogP contribution in [0.3, 0.4) is 0 Å². The zero-order valence-corrected chi connectivity index (χ0v) is 13.7. The quantitative estimate of drug-likeness (QED) is 0.480. The van der Waals surface area contributed by atoms with Crippen LogP contribution < -0.4 is 14.2 Å². The van der Waals surface area contributed by atoms with Crippen LogP contribution in [0, 0.1) is 0 Å². The number of rotatable bonds is 10. The number of alkyl halides is 1. The molecule has 0 atom stereocenters. The summed E-state index contributed by atoms with van der Waals surface area (Å²) in [5.41, 5.74) is 1.06. The van der Waals surface area contributed by atoms with Gasteiger partial charge in [0, 0.05) is 12.4 Å². The lowest BCUT2D eigenvalue weighted by Crippen LogP contribution is -2.11. The molecule has 0 saturated heterocycles. The number of benzene rings is 1. The fourth-order valence-electron chi connectivity index (χ4n) is 1.60. The Balaban J connectivity index is 2.63. The normalized spacial score (nSPS) is 10.4. The minimum absolute atomic E-state index is 0.421. The highest BCUT2D eigenvalue weighted by molar-refractivity contribution is 9.08. The van der Waals surface area contributed by atoms with Gasteiger partial charge in [-0.3, -0.25) is 0 Å². The van der Waals surface area contributed by atoms with Gasteiger partial charge in [-0.05, 0) is 17.7 Å². The van der Waals surface area contributed by atoms with Crippen molar-refractivity contribution in [1.82, 2.24) is 0 Å². The Morgan fingerprint density at radius 2 is 1.50 bits per heavy atom. The Morgan fingerprint density at radius 1 is 0.900 bits per heavy atom. The van der Waals surface area contributed by atoms with Crippen molar-refractivity contribution in [3.63, 3.8) is 0 Å². The van der Waals surface area contributed by atoms with Crippen LogP contribution in [0.1, 0.15) is 5.56 Å². The summed E-state index contributed by atoms with van der Waals surface area (Å²) in [5, 5.41) is 0.722. The van der Waals surface area contributed by atoms with Gasteiger partial charge in [-0.2, -0.15) is 0 Å². The first-order valence-electron chi connectivity index (χ1n) is 6.27. The Kier molecular flexibility index (Phi) is 8.41. The summed E-state index contributed by atoms with van der Waals surface area (Å²) in [6.45, 7) is 2.03. The minimum Gasteiger partial charge on any atom is -0.493 e. The van der Waals surface area contributed by atoms with Crippen molar-refractivity contribution in [2.75, 3.05) is 47.8 Å². The molecular weight excluding hydrogens is 328 g/mol. The Hall–Kier alpha value is -0.980. The van der Waals surface area contributed by atoms with Gasteiger partial charge in [0.2, 0.25) is 5.75 Å². The first-order valence-corrected chi connectivity index (χ1v) is 7.39. The maximum atomic E-state index is 5.70. The molecule has 0 heterocycles. The summed E-state index contributed by atoms with van der Waals surface area (Å²) in [6.07, 6.45) is 0. The van der Waals surface area contributed by atoms with Gasteiger partial charge >= 0.3 is 0 Å². The number of methoxy groups -OCH3 is 3. The molecule has 0 aliphatic rings. The highest BCUT2D eigenvalue weighted by Crippen LogP contribution is 2.38. The molecule has 0 saturated carbocycles. The van der Waals surface area contributed by atoms with Crippen LogP contribution in [0.5, 0.6) is 17.2 Å². The van der Waals surface area contributed by atoms with E-state index < -0.39 is 0 Å². The predicted octanol–water partition coefficient (Wildman–Crippen LogP) is 2.64. The van der Waals surface area contributed by atoms with Gasteiger partial charge in [0.15, 0.2) is 11.5 Å². The lowest BCUT2D eigenvalue weighted by atomic mass is 10.2. The van der Waals surface area contributed by atoms with Crippen molar-refractivity contribution in [2.24, 2.45) is 0 Å². The van der Waals surface area contributed by atoms with E-state index in [2.05, 4.69) is 15.9 Å². The molecule has 1 rings (SSSR count). The number of hydrogen-bond donors (Lipinski definition) is 0. The molecular formula is C14H21BrO5. The van der Waals surface area contributed by atoms with Gasteiger partial charge in [-0.1, -0.05) is 15.9 Å². The Labute approximate surface area is 128 Å². The Bertz CT molecular complexity index is 372. The molecule has 0 aliphatic heterocycles. The molecule has 1 aromatic carbocycles. The molecule has 5 nitrogen and oxygen atoms in total. The van der Waals surface area contributed by atoms with Gasteiger partial charge in [0.1, 0.15) is 6.61 Å². The van der Waals surface area contributed by atoms with E-state index in [9.17, 15) is 0 Å². The third-order valence-corrected chi connectivity index (χ3v) is 3.23. The molecule has 0 unspecified atom stereocenters. The second-order valence-electron chi connectivity index (χ2n) is 3.92. The van der Waals surface area contributed by atoms with Crippen LogP contribution in [0.25, 0.3) is 0 Å². The van der Waals surface area contributed by atoms with Crippen LogP contribution in [0.15, 0.2) is 12.1 Å².